The molecule has 0 amide bonds. The minimum absolute atomic E-state index is 0.320. The predicted octanol–water partition coefficient (Wildman–Crippen LogP) is 6.77. The SMILES string of the molecule is COC(=O)c1ccc([C@@H]2c3c(C)nn(-c4ccccn4)c3N=C3C(Nc4ccc(C)c(C)c4)=Nc4ccccc4N32)cc1. The van der Waals surface area contributed by atoms with E-state index in [2.05, 4.69) is 53.3 Å². The van der Waals surface area contributed by atoms with E-state index in [1.165, 1.54) is 18.2 Å². The minimum atomic E-state index is -0.382. The molecule has 212 valence electrons. The van der Waals surface area contributed by atoms with Crippen LogP contribution in [0, 0.1) is 20.8 Å². The van der Waals surface area contributed by atoms with Crippen LogP contribution in [0.25, 0.3) is 5.82 Å². The van der Waals surface area contributed by atoms with Crippen LogP contribution in [0.1, 0.15) is 44.3 Å². The van der Waals surface area contributed by atoms with Crippen LogP contribution in [-0.4, -0.2) is 39.5 Å². The van der Waals surface area contributed by atoms with Gasteiger partial charge in [0.1, 0.15) is 0 Å². The smallest absolute Gasteiger partial charge is 0.337 e. The third-order valence-electron chi connectivity index (χ3n) is 7.92. The second kappa shape index (κ2) is 10.4. The molecule has 0 saturated heterocycles. The van der Waals surface area contributed by atoms with E-state index in [1.54, 1.807) is 23.0 Å². The summed E-state index contributed by atoms with van der Waals surface area (Å²) in [7, 11) is 1.38. The molecule has 4 heterocycles. The Hall–Kier alpha value is -5.57. The number of ether oxygens (including phenoxy) is 1. The Bertz CT molecular complexity index is 1940. The molecule has 0 saturated carbocycles. The van der Waals surface area contributed by atoms with Gasteiger partial charge in [0.05, 0.1) is 35.8 Å². The fourth-order valence-electron chi connectivity index (χ4n) is 5.63. The lowest BCUT2D eigenvalue weighted by Gasteiger charge is -2.40. The van der Waals surface area contributed by atoms with E-state index in [-0.39, 0.29) is 12.0 Å². The molecule has 7 rings (SSSR count). The van der Waals surface area contributed by atoms with Crippen LogP contribution in [0.2, 0.25) is 0 Å². The van der Waals surface area contributed by atoms with Crippen molar-refractivity contribution in [3.63, 3.8) is 0 Å². The fraction of sp³-hybridized carbons (Fsp3) is 0.147. The summed E-state index contributed by atoms with van der Waals surface area (Å²) in [5.74, 6) is 2.24. The van der Waals surface area contributed by atoms with Crippen molar-refractivity contribution in [2.24, 2.45) is 9.98 Å². The van der Waals surface area contributed by atoms with Gasteiger partial charge in [0.2, 0.25) is 0 Å². The summed E-state index contributed by atoms with van der Waals surface area (Å²) in [4.78, 5) is 29.4. The minimum Gasteiger partial charge on any atom is -0.465 e. The van der Waals surface area contributed by atoms with Gasteiger partial charge in [0, 0.05) is 17.4 Å². The van der Waals surface area contributed by atoms with Crippen LogP contribution in [0.4, 0.5) is 22.9 Å². The molecule has 0 fully saturated rings. The zero-order valence-corrected chi connectivity index (χ0v) is 24.2. The normalized spacial score (nSPS) is 15.1. The number of nitrogens with zero attached hydrogens (tertiary/aromatic N) is 6. The van der Waals surface area contributed by atoms with Crippen LogP contribution < -0.4 is 10.2 Å². The monoisotopic (exact) mass is 567 g/mol. The van der Waals surface area contributed by atoms with Crippen LogP contribution in [-0.2, 0) is 4.74 Å². The van der Waals surface area contributed by atoms with Gasteiger partial charge < -0.3 is 15.0 Å². The summed E-state index contributed by atoms with van der Waals surface area (Å²) in [5, 5.41) is 8.49. The summed E-state index contributed by atoms with van der Waals surface area (Å²) in [5.41, 5.74) is 8.28. The molecule has 9 nitrogen and oxygen atoms in total. The molecule has 0 spiro atoms. The molecular formula is C34H29N7O2. The summed E-state index contributed by atoms with van der Waals surface area (Å²) in [6.07, 6.45) is 1.75. The number of para-hydroxylation sites is 2. The standard InChI is InChI=1S/C34H29N7O2/c1-20-12-17-25(19-21(20)2)36-31-33-38-32-29(22(3)39-41(32)28-11-7-8-18-35-28)30(23-13-15-24(16-14-23)34(42)43-4)40(33)27-10-6-5-9-26(27)37-31/h5-19,30H,1-4H3,(H,36,37)/t30-/m1/s1. The number of benzene rings is 3. The van der Waals surface area contributed by atoms with E-state index in [1.807, 2.05) is 55.5 Å². The summed E-state index contributed by atoms with van der Waals surface area (Å²) in [6, 6.07) is 27.2. The highest BCUT2D eigenvalue weighted by atomic mass is 16.5. The number of carbonyl (C=O) groups excluding carboxylic acids is 1. The number of hydrogen-bond acceptors (Lipinski definition) is 8. The molecule has 9 heteroatoms. The molecule has 0 bridgehead atoms. The molecule has 0 aliphatic carbocycles. The quantitative estimate of drug-likeness (QED) is 0.241. The van der Waals surface area contributed by atoms with Crippen LogP contribution >= 0.6 is 0 Å². The Labute approximate surface area is 249 Å². The largest absolute Gasteiger partial charge is 0.465 e. The first-order chi connectivity index (χ1) is 20.9. The fourth-order valence-corrected chi connectivity index (χ4v) is 5.63. The Morgan fingerprint density at radius 3 is 2.42 bits per heavy atom. The van der Waals surface area contributed by atoms with Gasteiger partial charge in [-0.05, 0) is 86.0 Å². The van der Waals surface area contributed by atoms with E-state index in [0.717, 1.165) is 33.9 Å². The molecule has 2 aromatic heterocycles. The van der Waals surface area contributed by atoms with Gasteiger partial charge in [0.25, 0.3) is 0 Å². The van der Waals surface area contributed by atoms with Gasteiger partial charge in [0.15, 0.2) is 23.3 Å². The van der Waals surface area contributed by atoms with Crippen LogP contribution in [0.15, 0.2) is 101 Å². The van der Waals surface area contributed by atoms with Gasteiger partial charge >= 0.3 is 5.97 Å². The Morgan fingerprint density at radius 2 is 1.67 bits per heavy atom. The van der Waals surface area contributed by atoms with E-state index in [4.69, 9.17) is 19.8 Å². The predicted molar refractivity (Wildman–Crippen MR) is 168 cm³/mol. The van der Waals surface area contributed by atoms with Crippen molar-refractivity contribution in [3.8, 4) is 5.82 Å². The third kappa shape index (κ3) is 4.46. The van der Waals surface area contributed by atoms with Crippen molar-refractivity contribution in [2.45, 2.75) is 26.8 Å². The highest BCUT2D eigenvalue weighted by molar-refractivity contribution is 6.51. The van der Waals surface area contributed by atoms with Crippen molar-refractivity contribution in [1.29, 1.82) is 0 Å². The van der Waals surface area contributed by atoms with Crippen molar-refractivity contribution < 1.29 is 9.53 Å². The Kier molecular flexibility index (Phi) is 6.35. The number of nitrogens with one attached hydrogen (secondary N) is 1. The average Bonchev–Trinajstić information content (AvgIpc) is 3.37. The number of methoxy groups -OCH3 is 1. The van der Waals surface area contributed by atoms with Gasteiger partial charge in [-0.15, -0.1) is 0 Å². The molecule has 0 unspecified atom stereocenters. The number of rotatable bonds is 4. The van der Waals surface area contributed by atoms with Crippen molar-refractivity contribution in [1.82, 2.24) is 14.8 Å². The number of aryl methyl sites for hydroxylation is 3. The Morgan fingerprint density at radius 1 is 0.884 bits per heavy atom. The van der Waals surface area contributed by atoms with Gasteiger partial charge in [-0.25, -0.2) is 19.8 Å². The number of aliphatic imine (C=N–C) groups is 2. The highest BCUT2D eigenvalue weighted by Crippen LogP contribution is 2.48. The molecule has 2 aliphatic rings. The number of hydrogen-bond donors (Lipinski definition) is 1. The topological polar surface area (TPSA) is 97.0 Å². The first kappa shape index (κ1) is 26.3. The summed E-state index contributed by atoms with van der Waals surface area (Å²) >= 11 is 0. The zero-order chi connectivity index (χ0) is 29.7. The molecule has 1 N–H and O–H groups in total. The second-order valence-corrected chi connectivity index (χ2v) is 10.6. The number of anilines is 2. The van der Waals surface area contributed by atoms with Crippen LogP contribution in [0.3, 0.4) is 0 Å². The Balaban J connectivity index is 1.47. The number of carbonyl (C=O) groups is 1. The van der Waals surface area contributed by atoms with E-state index >= 15 is 0 Å². The van der Waals surface area contributed by atoms with Crippen molar-refractivity contribution >= 4 is 40.5 Å². The van der Waals surface area contributed by atoms with Gasteiger partial charge in [-0.3, -0.25) is 0 Å². The summed E-state index contributed by atoms with van der Waals surface area (Å²) < 4.78 is 6.75. The van der Waals surface area contributed by atoms with E-state index in [9.17, 15) is 4.79 Å². The lowest BCUT2D eigenvalue weighted by Crippen LogP contribution is -2.46. The summed E-state index contributed by atoms with van der Waals surface area (Å²) in [6.45, 7) is 6.18. The molecule has 2 aliphatic heterocycles. The third-order valence-corrected chi connectivity index (χ3v) is 7.92. The molecule has 43 heavy (non-hydrogen) atoms. The number of fused-ring (bicyclic) bond motifs is 4. The maximum atomic E-state index is 12.3. The molecule has 0 radical (unpaired) electrons. The molecular weight excluding hydrogens is 538 g/mol. The van der Waals surface area contributed by atoms with Crippen LogP contribution in [0.5, 0.6) is 0 Å². The molecule has 1 atom stereocenters. The van der Waals surface area contributed by atoms with Gasteiger partial charge in [-0.1, -0.05) is 36.4 Å². The first-order valence-corrected chi connectivity index (χ1v) is 14.0. The van der Waals surface area contributed by atoms with Gasteiger partial charge in [-0.2, -0.15) is 9.78 Å². The lowest BCUT2D eigenvalue weighted by atomic mass is 9.92. The number of esters is 1. The maximum absolute atomic E-state index is 12.3. The molecule has 5 aromatic rings. The average molecular weight is 568 g/mol. The highest BCUT2D eigenvalue weighted by Gasteiger charge is 2.41. The maximum Gasteiger partial charge on any atom is 0.337 e. The number of aromatic nitrogens is 3. The second-order valence-electron chi connectivity index (χ2n) is 10.6. The zero-order valence-electron chi connectivity index (χ0n) is 24.2. The van der Waals surface area contributed by atoms with Crippen molar-refractivity contribution in [3.05, 3.63) is 125 Å². The van der Waals surface area contributed by atoms with E-state index in [0.29, 0.717) is 28.9 Å². The number of pyridine rings is 1. The lowest BCUT2D eigenvalue weighted by molar-refractivity contribution is 0.0600. The first-order valence-electron chi connectivity index (χ1n) is 14.0. The molecule has 3 aromatic carbocycles. The van der Waals surface area contributed by atoms with E-state index < -0.39 is 0 Å². The van der Waals surface area contributed by atoms with Crippen molar-refractivity contribution in [2.75, 3.05) is 17.3 Å². The number of amidine groups is 2.